The van der Waals surface area contributed by atoms with Crippen LogP contribution in [0.4, 0.5) is 0 Å². The first-order chi connectivity index (χ1) is 17.6. The number of fused-ring (bicyclic) bond motifs is 1. The van der Waals surface area contributed by atoms with Crippen LogP contribution in [0.2, 0.25) is 0 Å². The van der Waals surface area contributed by atoms with Crippen molar-refractivity contribution in [2.45, 2.75) is 58.0 Å². The number of aryl methyl sites for hydroxylation is 1. The second-order valence-electron chi connectivity index (χ2n) is 11.4. The number of pyridine rings is 1. The number of aromatic amines is 1. The average molecular weight is 500 g/mol. The van der Waals surface area contributed by atoms with E-state index in [9.17, 15) is 9.90 Å². The molecule has 194 valence electrons. The topological polar surface area (TPSA) is 87.0 Å². The Hall–Kier alpha value is -3.29. The number of rotatable bonds is 6. The summed E-state index contributed by atoms with van der Waals surface area (Å²) in [6.45, 7) is 10.9. The Morgan fingerprint density at radius 2 is 1.81 bits per heavy atom. The molecule has 7 heteroatoms. The Morgan fingerprint density at radius 3 is 2.46 bits per heavy atom. The lowest BCUT2D eigenvalue weighted by molar-refractivity contribution is 0.0282. The number of β-amino-alcohol motifs (C(OH)–C–C–N with tert-alkyl or cyclic N) is 1. The number of nitrogens with one attached hydrogen (secondary N) is 1. The maximum Gasteiger partial charge on any atom is 0.258 e. The van der Waals surface area contributed by atoms with Gasteiger partial charge in [-0.2, -0.15) is 0 Å². The zero-order chi connectivity index (χ0) is 26.3. The lowest BCUT2D eigenvalue weighted by Gasteiger charge is -2.35. The van der Waals surface area contributed by atoms with E-state index in [0.29, 0.717) is 29.5 Å². The quantitative estimate of drug-likeness (QED) is 0.387. The van der Waals surface area contributed by atoms with Crippen LogP contribution in [0.5, 0.6) is 0 Å². The van der Waals surface area contributed by atoms with E-state index in [1.54, 1.807) is 24.0 Å². The summed E-state index contributed by atoms with van der Waals surface area (Å²) in [5, 5.41) is 11.4. The molecule has 7 nitrogen and oxygen atoms in total. The summed E-state index contributed by atoms with van der Waals surface area (Å²) in [6.07, 6.45) is 8.94. The highest BCUT2D eigenvalue weighted by atomic mass is 16.3. The van der Waals surface area contributed by atoms with E-state index in [1.807, 2.05) is 26.1 Å². The molecule has 4 aromatic rings. The van der Waals surface area contributed by atoms with Crippen LogP contribution in [-0.2, 0) is 7.05 Å². The molecule has 1 aromatic carbocycles. The van der Waals surface area contributed by atoms with Crippen molar-refractivity contribution in [3.05, 3.63) is 70.7 Å². The molecule has 0 amide bonds. The first-order valence-electron chi connectivity index (χ1n) is 13.2. The highest BCUT2D eigenvalue weighted by Gasteiger charge is 2.26. The van der Waals surface area contributed by atoms with Crippen LogP contribution < -0.4 is 5.56 Å². The van der Waals surface area contributed by atoms with Gasteiger partial charge in [-0.15, -0.1) is 0 Å². The van der Waals surface area contributed by atoms with Gasteiger partial charge in [0.25, 0.3) is 5.56 Å². The fraction of sp³-hybridized carbons (Fsp3) is 0.433. The molecule has 1 aliphatic heterocycles. The van der Waals surface area contributed by atoms with Crippen LogP contribution in [0.25, 0.3) is 33.3 Å². The average Bonchev–Trinajstić information content (AvgIpc) is 3.25. The zero-order valence-corrected chi connectivity index (χ0v) is 22.5. The molecule has 1 saturated heterocycles. The summed E-state index contributed by atoms with van der Waals surface area (Å²) in [4.78, 5) is 27.2. The summed E-state index contributed by atoms with van der Waals surface area (Å²) in [6, 6.07) is 8.79. The van der Waals surface area contributed by atoms with E-state index >= 15 is 0 Å². The third-order valence-corrected chi connectivity index (χ3v) is 7.45. The number of benzene rings is 1. The number of likely N-dealkylation sites (tertiary alicyclic amines) is 1. The third-order valence-electron chi connectivity index (χ3n) is 7.45. The number of H-pyrrole nitrogens is 1. The van der Waals surface area contributed by atoms with Gasteiger partial charge in [0.05, 0.1) is 16.9 Å². The Bertz CT molecular complexity index is 1460. The van der Waals surface area contributed by atoms with Crippen LogP contribution in [0.3, 0.4) is 0 Å². The second-order valence-corrected chi connectivity index (χ2v) is 11.4. The molecule has 0 aliphatic carbocycles. The molecule has 0 saturated carbocycles. The molecule has 5 rings (SSSR count). The molecule has 37 heavy (non-hydrogen) atoms. The van der Waals surface area contributed by atoms with E-state index in [2.05, 4.69) is 51.9 Å². The molecule has 3 aromatic heterocycles. The lowest BCUT2D eigenvalue weighted by Crippen LogP contribution is -2.42. The van der Waals surface area contributed by atoms with Crippen LogP contribution in [0.15, 0.2) is 54.0 Å². The van der Waals surface area contributed by atoms with E-state index in [1.165, 1.54) is 22.8 Å². The van der Waals surface area contributed by atoms with Gasteiger partial charge in [-0.3, -0.25) is 4.79 Å². The van der Waals surface area contributed by atoms with Crippen molar-refractivity contribution in [3.63, 3.8) is 0 Å². The van der Waals surface area contributed by atoms with Gasteiger partial charge in [-0.1, -0.05) is 19.9 Å². The normalized spacial score (nSPS) is 15.6. The molecule has 4 heterocycles. The van der Waals surface area contributed by atoms with Crippen molar-refractivity contribution in [2.24, 2.45) is 7.05 Å². The number of piperidine rings is 1. The maximum atomic E-state index is 12.9. The predicted octanol–water partition coefficient (Wildman–Crippen LogP) is 5.06. The molecule has 1 aliphatic rings. The lowest BCUT2D eigenvalue weighted by atomic mass is 9.87. The van der Waals surface area contributed by atoms with E-state index < -0.39 is 5.60 Å². The highest BCUT2D eigenvalue weighted by Crippen LogP contribution is 2.38. The molecular formula is C30H37N5O2. The molecule has 2 N–H and O–H groups in total. The van der Waals surface area contributed by atoms with Crippen LogP contribution in [0.1, 0.15) is 63.5 Å². The van der Waals surface area contributed by atoms with Crippen molar-refractivity contribution >= 4 is 10.9 Å². The smallest absolute Gasteiger partial charge is 0.258 e. The zero-order valence-electron chi connectivity index (χ0n) is 22.5. The molecule has 0 spiro atoms. The number of aromatic nitrogens is 4. The number of aliphatic hydroxyl groups is 1. The van der Waals surface area contributed by atoms with Gasteiger partial charge >= 0.3 is 0 Å². The van der Waals surface area contributed by atoms with Crippen molar-refractivity contribution in [1.82, 2.24) is 24.4 Å². The summed E-state index contributed by atoms with van der Waals surface area (Å²) < 4.78 is 1.64. The molecular weight excluding hydrogens is 462 g/mol. The van der Waals surface area contributed by atoms with Crippen LogP contribution in [-0.4, -0.2) is 54.8 Å². The standard InChI is InChI=1S/C30H37N5O2/c1-19(2)27-25-12-21(20-8-10-35(11-9-20)17-30(3,4)37)6-7-26(25)33-28(27)22-13-24(29(36)34(5)16-22)23-14-31-18-32-15-23/h6-7,12-16,18-20,33,37H,8-11,17H2,1-5H3. The summed E-state index contributed by atoms with van der Waals surface area (Å²) in [5.74, 6) is 0.816. The van der Waals surface area contributed by atoms with E-state index in [4.69, 9.17) is 0 Å². The summed E-state index contributed by atoms with van der Waals surface area (Å²) in [7, 11) is 1.79. The fourth-order valence-corrected chi connectivity index (χ4v) is 5.78. The minimum Gasteiger partial charge on any atom is -0.389 e. The van der Waals surface area contributed by atoms with Gasteiger partial charge in [-0.05, 0) is 80.9 Å². The first-order valence-corrected chi connectivity index (χ1v) is 13.2. The van der Waals surface area contributed by atoms with Gasteiger partial charge in [0.2, 0.25) is 0 Å². The SMILES string of the molecule is CC(C)c1c(-c2cc(-c3cncnc3)c(=O)n(C)c2)[nH]c2ccc(C3CCN(CC(C)(C)O)CC3)cc12. The molecule has 0 radical (unpaired) electrons. The van der Waals surface area contributed by atoms with Crippen molar-refractivity contribution in [2.75, 3.05) is 19.6 Å². The van der Waals surface area contributed by atoms with Gasteiger partial charge in [-0.25, -0.2) is 9.97 Å². The van der Waals surface area contributed by atoms with Gasteiger partial charge in [0.15, 0.2) is 0 Å². The highest BCUT2D eigenvalue weighted by molar-refractivity contribution is 5.92. The number of hydrogen-bond acceptors (Lipinski definition) is 5. The fourth-order valence-electron chi connectivity index (χ4n) is 5.78. The largest absolute Gasteiger partial charge is 0.389 e. The predicted molar refractivity (Wildman–Crippen MR) is 149 cm³/mol. The third kappa shape index (κ3) is 5.24. The number of nitrogens with zero attached hydrogens (tertiary/aromatic N) is 4. The molecule has 0 bridgehead atoms. The van der Waals surface area contributed by atoms with Crippen LogP contribution >= 0.6 is 0 Å². The van der Waals surface area contributed by atoms with E-state index in [-0.39, 0.29) is 5.56 Å². The first kappa shape index (κ1) is 25.4. The summed E-state index contributed by atoms with van der Waals surface area (Å²) >= 11 is 0. The Labute approximate surface area is 218 Å². The Balaban J connectivity index is 1.52. The Morgan fingerprint density at radius 1 is 1.11 bits per heavy atom. The monoisotopic (exact) mass is 499 g/mol. The molecule has 0 atom stereocenters. The Kier molecular flexibility index (Phi) is 6.77. The van der Waals surface area contributed by atoms with Crippen molar-refractivity contribution in [1.29, 1.82) is 0 Å². The minimum absolute atomic E-state index is 0.0704. The van der Waals surface area contributed by atoms with Crippen molar-refractivity contribution in [3.8, 4) is 22.4 Å². The van der Waals surface area contributed by atoms with Crippen molar-refractivity contribution < 1.29 is 5.11 Å². The van der Waals surface area contributed by atoms with Gasteiger partial charge in [0, 0.05) is 54.2 Å². The van der Waals surface area contributed by atoms with Crippen LogP contribution in [0, 0.1) is 0 Å². The number of hydrogen-bond donors (Lipinski definition) is 2. The maximum absolute atomic E-state index is 12.9. The minimum atomic E-state index is -0.659. The molecule has 0 unspecified atom stereocenters. The van der Waals surface area contributed by atoms with Gasteiger partial charge < -0.3 is 19.6 Å². The molecule has 1 fully saturated rings. The van der Waals surface area contributed by atoms with E-state index in [0.717, 1.165) is 42.7 Å². The second kappa shape index (κ2) is 9.88. The summed E-state index contributed by atoms with van der Waals surface area (Å²) in [5.41, 5.74) is 6.36. The van der Waals surface area contributed by atoms with Gasteiger partial charge in [0.1, 0.15) is 6.33 Å².